The van der Waals surface area contributed by atoms with Gasteiger partial charge in [-0.05, 0) is 39.5 Å². The number of rotatable bonds is 11. The second-order valence-corrected chi connectivity index (χ2v) is 7.44. The first-order valence-electron chi connectivity index (χ1n) is 9.58. The largest absolute Gasteiger partial charge is 0.370 e. The van der Waals surface area contributed by atoms with Crippen LogP contribution in [0, 0.1) is 11.8 Å². The third kappa shape index (κ3) is 9.29. The Kier molecular flexibility index (Phi) is 10.4. The van der Waals surface area contributed by atoms with E-state index in [0.29, 0.717) is 12.3 Å². The summed E-state index contributed by atoms with van der Waals surface area (Å²) in [4.78, 5) is 35.3. The molecule has 2 amide bonds. The van der Waals surface area contributed by atoms with Gasteiger partial charge in [-0.15, -0.1) is 0 Å². The molecule has 0 saturated heterocycles. The molecule has 1 saturated carbocycles. The Labute approximate surface area is 156 Å². The third-order valence-corrected chi connectivity index (χ3v) is 4.41. The van der Waals surface area contributed by atoms with Crippen LogP contribution in [0.3, 0.4) is 0 Å². The van der Waals surface area contributed by atoms with E-state index >= 15 is 0 Å². The summed E-state index contributed by atoms with van der Waals surface area (Å²) >= 11 is 0. The second kappa shape index (κ2) is 12.0. The number of ketones is 1. The molecule has 0 spiro atoms. The number of amides is 2. The van der Waals surface area contributed by atoms with Crippen LogP contribution in [0.25, 0.3) is 0 Å². The minimum atomic E-state index is -0.195. The molecule has 0 bridgehead atoms. The van der Waals surface area contributed by atoms with Crippen LogP contribution in [0.15, 0.2) is 0 Å². The van der Waals surface area contributed by atoms with Crippen molar-refractivity contribution in [1.82, 2.24) is 10.6 Å². The molecule has 7 nitrogen and oxygen atoms in total. The molecule has 2 N–H and O–H groups in total. The Balaban J connectivity index is 2.07. The van der Waals surface area contributed by atoms with Crippen molar-refractivity contribution in [2.24, 2.45) is 11.8 Å². The maximum Gasteiger partial charge on any atom is 0.246 e. The van der Waals surface area contributed by atoms with Gasteiger partial charge in [0, 0.05) is 24.4 Å². The highest BCUT2D eigenvalue weighted by Gasteiger charge is 2.28. The number of hydrogen-bond donors (Lipinski definition) is 2. The van der Waals surface area contributed by atoms with Gasteiger partial charge in [0.2, 0.25) is 11.8 Å². The lowest BCUT2D eigenvalue weighted by Gasteiger charge is -2.29. The molecule has 1 aliphatic rings. The second-order valence-electron chi connectivity index (χ2n) is 7.44. The normalized spacial score (nSPS) is 20.2. The fraction of sp³-hybridized carbons (Fsp3) is 0.842. The average Bonchev–Trinajstić information content (AvgIpc) is 2.59. The van der Waals surface area contributed by atoms with Crippen molar-refractivity contribution in [3.63, 3.8) is 0 Å². The molecule has 0 radical (unpaired) electrons. The minimum Gasteiger partial charge on any atom is -0.370 e. The molecule has 1 fully saturated rings. The molecule has 7 heteroatoms. The molecular formula is C19H34N2O5. The molecule has 0 aromatic carbocycles. The van der Waals surface area contributed by atoms with E-state index in [9.17, 15) is 14.4 Å². The van der Waals surface area contributed by atoms with Crippen molar-refractivity contribution < 1.29 is 23.9 Å². The van der Waals surface area contributed by atoms with E-state index in [0.717, 1.165) is 25.7 Å². The summed E-state index contributed by atoms with van der Waals surface area (Å²) < 4.78 is 10.5. The minimum absolute atomic E-state index is 0.0132. The van der Waals surface area contributed by atoms with Gasteiger partial charge in [-0.2, -0.15) is 0 Å². The first-order valence-corrected chi connectivity index (χ1v) is 9.58. The molecule has 0 unspecified atom stereocenters. The van der Waals surface area contributed by atoms with Crippen molar-refractivity contribution in [3.8, 4) is 0 Å². The van der Waals surface area contributed by atoms with Gasteiger partial charge < -0.3 is 20.1 Å². The van der Waals surface area contributed by atoms with E-state index in [2.05, 4.69) is 10.6 Å². The van der Waals surface area contributed by atoms with E-state index in [-0.39, 0.29) is 55.6 Å². The topological polar surface area (TPSA) is 93.7 Å². The Morgan fingerprint density at radius 2 is 1.62 bits per heavy atom. The van der Waals surface area contributed by atoms with Crippen LogP contribution in [-0.2, 0) is 23.9 Å². The standard InChI is InChI=1S/C19H34N2O5/c1-13(2)19(24)15-5-7-16(8-6-15)21-18(23)11-25-10-9-20-17(22)12-26-14(3)4/h13-16H,5-12H2,1-4H3,(H,20,22)(H,21,23)/t15-,16+. The van der Waals surface area contributed by atoms with Crippen LogP contribution in [-0.4, -0.2) is 56.1 Å². The summed E-state index contributed by atoms with van der Waals surface area (Å²) in [5.74, 6) is 0.205. The van der Waals surface area contributed by atoms with Crippen LogP contribution < -0.4 is 10.6 Å². The number of nitrogens with one attached hydrogen (secondary N) is 2. The van der Waals surface area contributed by atoms with E-state index in [4.69, 9.17) is 9.47 Å². The average molecular weight is 370 g/mol. The number of hydrogen-bond acceptors (Lipinski definition) is 5. The SMILES string of the molecule is CC(C)OCC(=O)NCCOCC(=O)N[C@H]1CC[C@@H](C(=O)C(C)C)CC1. The zero-order valence-corrected chi connectivity index (χ0v) is 16.5. The maximum atomic E-state index is 12.0. The predicted octanol–water partition coefficient (Wildman–Crippen LogP) is 1.44. The van der Waals surface area contributed by atoms with Gasteiger partial charge >= 0.3 is 0 Å². The molecule has 0 aromatic rings. The Hall–Kier alpha value is -1.47. The van der Waals surface area contributed by atoms with Gasteiger partial charge in [0.25, 0.3) is 0 Å². The Bertz CT molecular complexity index is 457. The van der Waals surface area contributed by atoms with Crippen LogP contribution in [0.5, 0.6) is 0 Å². The number of Topliss-reactive ketones (excluding diaryl/α,β-unsaturated/α-hetero) is 1. The highest BCUT2D eigenvalue weighted by molar-refractivity contribution is 5.83. The van der Waals surface area contributed by atoms with Crippen molar-refractivity contribution in [2.45, 2.75) is 65.5 Å². The molecule has 0 aromatic heterocycles. The van der Waals surface area contributed by atoms with E-state index < -0.39 is 0 Å². The van der Waals surface area contributed by atoms with Gasteiger partial charge in [-0.1, -0.05) is 13.8 Å². The first kappa shape index (κ1) is 22.6. The molecule has 1 rings (SSSR count). The molecular weight excluding hydrogens is 336 g/mol. The fourth-order valence-electron chi connectivity index (χ4n) is 2.98. The molecule has 26 heavy (non-hydrogen) atoms. The van der Waals surface area contributed by atoms with Crippen molar-refractivity contribution in [2.75, 3.05) is 26.4 Å². The summed E-state index contributed by atoms with van der Waals surface area (Å²) in [6, 6.07) is 0.121. The van der Waals surface area contributed by atoms with Crippen LogP contribution in [0.4, 0.5) is 0 Å². The van der Waals surface area contributed by atoms with Crippen molar-refractivity contribution >= 4 is 17.6 Å². The van der Waals surface area contributed by atoms with Crippen LogP contribution >= 0.6 is 0 Å². The highest BCUT2D eigenvalue weighted by atomic mass is 16.5. The Morgan fingerprint density at radius 3 is 2.19 bits per heavy atom. The van der Waals surface area contributed by atoms with E-state index in [1.807, 2.05) is 27.7 Å². The van der Waals surface area contributed by atoms with Crippen molar-refractivity contribution in [1.29, 1.82) is 0 Å². The molecule has 0 aliphatic heterocycles. The number of carbonyl (C=O) groups excluding carboxylic acids is 3. The summed E-state index contributed by atoms with van der Waals surface area (Å²) in [6.07, 6.45) is 3.36. The smallest absolute Gasteiger partial charge is 0.246 e. The molecule has 0 atom stereocenters. The quantitative estimate of drug-likeness (QED) is 0.537. The summed E-state index contributed by atoms with van der Waals surface area (Å²) in [6.45, 7) is 8.23. The van der Waals surface area contributed by atoms with Gasteiger partial charge in [0.05, 0.1) is 12.7 Å². The maximum absolute atomic E-state index is 12.0. The lowest BCUT2D eigenvalue weighted by Crippen LogP contribution is -2.41. The fourth-order valence-corrected chi connectivity index (χ4v) is 2.98. The van der Waals surface area contributed by atoms with Crippen LogP contribution in [0.1, 0.15) is 53.4 Å². The van der Waals surface area contributed by atoms with E-state index in [1.165, 1.54) is 0 Å². The van der Waals surface area contributed by atoms with Gasteiger partial charge in [-0.3, -0.25) is 14.4 Å². The Morgan fingerprint density at radius 1 is 0.962 bits per heavy atom. The highest BCUT2D eigenvalue weighted by Crippen LogP contribution is 2.27. The lowest BCUT2D eigenvalue weighted by atomic mass is 9.80. The van der Waals surface area contributed by atoms with Crippen LogP contribution in [0.2, 0.25) is 0 Å². The molecule has 0 heterocycles. The van der Waals surface area contributed by atoms with Gasteiger partial charge in [0.1, 0.15) is 19.0 Å². The van der Waals surface area contributed by atoms with Gasteiger partial charge in [0.15, 0.2) is 0 Å². The monoisotopic (exact) mass is 370 g/mol. The molecule has 1 aliphatic carbocycles. The first-order chi connectivity index (χ1) is 12.3. The zero-order chi connectivity index (χ0) is 19.5. The van der Waals surface area contributed by atoms with E-state index in [1.54, 1.807) is 0 Å². The molecule has 150 valence electrons. The summed E-state index contributed by atoms with van der Waals surface area (Å²) in [5.41, 5.74) is 0. The number of ether oxygens (including phenoxy) is 2. The predicted molar refractivity (Wildman–Crippen MR) is 98.7 cm³/mol. The lowest BCUT2D eigenvalue weighted by molar-refractivity contribution is -0.127. The third-order valence-electron chi connectivity index (χ3n) is 4.41. The number of carbonyl (C=O) groups is 3. The van der Waals surface area contributed by atoms with Crippen molar-refractivity contribution in [3.05, 3.63) is 0 Å². The summed E-state index contributed by atoms with van der Waals surface area (Å²) in [7, 11) is 0. The summed E-state index contributed by atoms with van der Waals surface area (Å²) in [5, 5.41) is 5.62. The zero-order valence-electron chi connectivity index (χ0n) is 16.5. The van der Waals surface area contributed by atoms with Gasteiger partial charge in [-0.25, -0.2) is 0 Å².